The number of allylic oxidation sites excluding steroid dienone is 4. The lowest BCUT2D eigenvalue weighted by atomic mass is 10.0. The van der Waals surface area contributed by atoms with Crippen LogP contribution in [0, 0.1) is 13.8 Å². The van der Waals surface area contributed by atoms with Crippen LogP contribution in [0.2, 0.25) is 0 Å². The van der Waals surface area contributed by atoms with Crippen LogP contribution in [0.5, 0.6) is 0 Å². The van der Waals surface area contributed by atoms with E-state index in [1.165, 1.54) is 43.8 Å². The third-order valence-corrected chi connectivity index (χ3v) is 8.19. The Kier molecular flexibility index (Phi) is 5.10. The molecule has 3 aromatic rings. The molecule has 1 aliphatic carbocycles. The minimum Gasteiger partial charge on any atom is -0.0798 e. The minimum atomic E-state index is -0.606. The van der Waals surface area contributed by atoms with Crippen molar-refractivity contribution in [1.29, 1.82) is 0 Å². The van der Waals surface area contributed by atoms with Gasteiger partial charge in [-0.3, -0.25) is 0 Å². The van der Waals surface area contributed by atoms with Crippen molar-refractivity contribution in [2.75, 3.05) is 0 Å². The summed E-state index contributed by atoms with van der Waals surface area (Å²) in [5.74, 6) is 0. The van der Waals surface area contributed by atoms with Crippen molar-refractivity contribution in [3.05, 3.63) is 107 Å². The highest BCUT2D eigenvalue weighted by Crippen LogP contribution is 2.39. The summed E-state index contributed by atoms with van der Waals surface area (Å²) in [7, 11) is -0.606. The molecule has 0 amide bonds. The highest BCUT2D eigenvalue weighted by Gasteiger charge is 2.24. The van der Waals surface area contributed by atoms with E-state index in [-0.39, 0.29) is 0 Å². The van der Waals surface area contributed by atoms with Gasteiger partial charge in [0.15, 0.2) is 0 Å². The van der Waals surface area contributed by atoms with Crippen molar-refractivity contribution >= 4 is 29.4 Å². The first-order chi connectivity index (χ1) is 13.2. The Hall–Kier alpha value is -2.43. The fourth-order valence-corrected chi connectivity index (χ4v) is 6.67. The molecule has 0 bridgehead atoms. The van der Waals surface area contributed by atoms with Crippen LogP contribution in [0.1, 0.15) is 30.0 Å². The van der Waals surface area contributed by atoms with Gasteiger partial charge in [-0.05, 0) is 78.9 Å². The lowest BCUT2D eigenvalue weighted by molar-refractivity contribution is 1.42. The fourth-order valence-electron chi connectivity index (χ4n) is 3.88. The molecule has 0 N–H and O–H groups in total. The second kappa shape index (κ2) is 7.67. The predicted octanol–water partition coefficient (Wildman–Crippen LogP) is 5.80. The van der Waals surface area contributed by atoms with Gasteiger partial charge in [0.2, 0.25) is 0 Å². The SMILES string of the molecule is CC1=C(c2ccccc2P(c2ccccc2C)c2ccccc2C)CC=C1. The van der Waals surface area contributed by atoms with Gasteiger partial charge in [0.1, 0.15) is 0 Å². The van der Waals surface area contributed by atoms with Crippen molar-refractivity contribution in [2.24, 2.45) is 0 Å². The Morgan fingerprint density at radius 1 is 0.630 bits per heavy atom. The van der Waals surface area contributed by atoms with E-state index in [0.717, 1.165) is 6.42 Å². The molecule has 0 unspecified atom stereocenters. The Morgan fingerprint density at radius 3 is 1.67 bits per heavy atom. The third-order valence-electron chi connectivity index (χ3n) is 5.35. The Labute approximate surface area is 164 Å². The zero-order valence-corrected chi connectivity index (χ0v) is 17.1. The van der Waals surface area contributed by atoms with Gasteiger partial charge in [-0.1, -0.05) is 84.9 Å². The first kappa shape index (κ1) is 18.0. The molecule has 0 fully saturated rings. The van der Waals surface area contributed by atoms with E-state index in [4.69, 9.17) is 0 Å². The van der Waals surface area contributed by atoms with Crippen LogP contribution in [-0.4, -0.2) is 0 Å². The van der Waals surface area contributed by atoms with Gasteiger partial charge in [0.05, 0.1) is 0 Å². The molecule has 1 heteroatoms. The molecule has 3 aromatic carbocycles. The van der Waals surface area contributed by atoms with Gasteiger partial charge >= 0.3 is 0 Å². The summed E-state index contributed by atoms with van der Waals surface area (Å²) in [4.78, 5) is 0. The molecule has 1 aliphatic rings. The van der Waals surface area contributed by atoms with E-state index in [9.17, 15) is 0 Å². The number of hydrogen-bond acceptors (Lipinski definition) is 0. The topological polar surface area (TPSA) is 0 Å². The van der Waals surface area contributed by atoms with E-state index >= 15 is 0 Å². The molecule has 27 heavy (non-hydrogen) atoms. The monoisotopic (exact) mass is 368 g/mol. The van der Waals surface area contributed by atoms with Crippen LogP contribution in [0.3, 0.4) is 0 Å². The quantitative estimate of drug-likeness (QED) is 0.511. The molecule has 0 saturated carbocycles. The highest BCUT2D eigenvalue weighted by molar-refractivity contribution is 7.80. The first-order valence-corrected chi connectivity index (χ1v) is 10.9. The van der Waals surface area contributed by atoms with Gasteiger partial charge in [0.25, 0.3) is 0 Å². The maximum atomic E-state index is 2.35. The number of rotatable bonds is 4. The summed E-state index contributed by atoms with van der Waals surface area (Å²) in [6.07, 6.45) is 5.58. The summed E-state index contributed by atoms with van der Waals surface area (Å²) in [5, 5.41) is 4.38. The molecule has 0 radical (unpaired) electrons. The van der Waals surface area contributed by atoms with Gasteiger partial charge in [-0.2, -0.15) is 0 Å². The van der Waals surface area contributed by atoms with Crippen molar-refractivity contribution in [3.8, 4) is 0 Å². The average molecular weight is 368 g/mol. The molecule has 0 nitrogen and oxygen atoms in total. The summed E-state index contributed by atoms with van der Waals surface area (Å²) >= 11 is 0. The third kappa shape index (κ3) is 3.43. The zero-order valence-electron chi connectivity index (χ0n) is 16.2. The van der Waals surface area contributed by atoms with Crippen LogP contribution in [0.25, 0.3) is 5.57 Å². The predicted molar refractivity (Wildman–Crippen MR) is 121 cm³/mol. The molecule has 0 spiro atoms. The molecular weight excluding hydrogens is 343 g/mol. The lowest BCUT2D eigenvalue weighted by Crippen LogP contribution is -2.26. The van der Waals surface area contributed by atoms with Crippen molar-refractivity contribution in [1.82, 2.24) is 0 Å². The van der Waals surface area contributed by atoms with Crippen LogP contribution >= 0.6 is 7.92 Å². The van der Waals surface area contributed by atoms with Crippen LogP contribution in [0.15, 0.2) is 90.5 Å². The number of hydrogen-bond donors (Lipinski definition) is 0. The Morgan fingerprint density at radius 2 is 1.15 bits per heavy atom. The van der Waals surface area contributed by atoms with E-state index in [1.807, 2.05) is 0 Å². The second-order valence-electron chi connectivity index (χ2n) is 7.19. The lowest BCUT2D eigenvalue weighted by Gasteiger charge is -2.26. The smallest absolute Gasteiger partial charge is 0.00755 e. The van der Waals surface area contributed by atoms with Gasteiger partial charge in [-0.15, -0.1) is 0 Å². The van der Waals surface area contributed by atoms with E-state index in [1.54, 1.807) is 0 Å². The molecule has 4 rings (SSSR count). The number of benzene rings is 3. The van der Waals surface area contributed by atoms with Crippen molar-refractivity contribution in [3.63, 3.8) is 0 Å². The largest absolute Gasteiger partial charge is 0.0798 e. The second-order valence-corrected chi connectivity index (χ2v) is 9.31. The molecule has 0 heterocycles. The Bertz CT molecular complexity index is 994. The van der Waals surface area contributed by atoms with E-state index in [2.05, 4.69) is 106 Å². The maximum Gasteiger partial charge on any atom is -0.00755 e. The van der Waals surface area contributed by atoms with Crippen molar-refractivity contribution in [2.45, 2.75) is 27.2 Å². The van der Waals surface area contributed by atoms with E-state index in [0.29, 0.717) is 0 Å². The molecule has 0 aliphatic heterocycles. The minimum absolute atomic E-state index is 0.606. The average Bonchev–Trinajstić information content (AvgIpc) is 3.11. The molecule has 0 atom stereocenters. The normalized spacial score (nSPS) is 13.6. The van der Waals surface area contributed by atoms with E-state index < -0.39 is 7.92 Å². The van der Waals surface area contributed by atoms with Crippen LogP contribution in [-0.2, 0) is 0 Å². The molecule has 0 saturated heterocycles. The summed E-state index contributed by atoms with van der Waals surface area (Å²) < 4.78 is 0. The van der Waals surface area contributed by atoms with Gasteiger partial charge < -0.3 is 0 Å². The van der Waals surface area contributed by atoms with Crippen molar-refractivity contribution < 1.29 is 0 Å². The standard InChI is InChI=1S/C26H25P/c1-19-13-10-15-22(19)23-14-6-9-18-26(23)27(24-16-7-4-11-20(24)2)25-17-8-5-12-21(25)3/h4-14,16-18H,15H2,1-3H3. The first-order valence-electron chi connectivity index (χ1n) is 9.54. The zero-order chi connectivity index (χ0) is 18.8. The summed E-state index contributed by atoms with van der Waals surface area (Å²) in [5.41, 5.74) is 7.03. The van der Waals surface area contributed by atoms with Gasteiger partial charge in [0, 0.05) is 0 Å². The number of aryl methyl sites for hydroxylation is 2. The molecular formula is C26H25P. The maximum absolute atomic E-state index is 2.35. The fraction of sp³-hybridized carbons (Fsp3) is 0.154. The Balaban J connectivity index is 1.98. The van der Waals surface area contributed by atoms with Crippen LogP contribution < -0.4 is 15.9 Å². The van der Waals surface area contributed by atoms with Gasteiger partial charge in [-0.25, -0.2) is 0 Å². The summed E-state index contributed by atoms with van der Waals surface area (Å²) in [6.45, 7) is 6.72. The van der Waals surface area contributed by atoms with Crippen LogP contribution in [0.4, 0.5) is 0 Å². The highest BCUT2D eigenvalue weighted by atomic mass is 31.1. The molecule has 134 valence electrons. The summed E-state index contributed by atoms with van der Waals surface area (Å²) in [6, 6.07) is 26.8. The molecule has 0 aromatic heterocycles.